The summed E-state index contributed by atoms with van der Waals surface area (Å²) in [6, 6.07) is -4.54. The van der Waals surface area contributed by atoms with Gasteiger partial charge in [0.25, 0.3) is 0 Å². The summed E-state index contributed by atoms with van der Waals surface area (Å²) in [6.07, 6.45) is 2.84. The summed E-state index contributed by atoms with van der Waals surface area (Å²) in [7, 11) is 8.60. The Labute approximate surface area is 546 Å². The van der Waals surface area contributed by atoms with Crippen LogP contribution in [-0.2, 0) is 65.3 Å². The van der Waals surface area contributed by atoms with Crippen LogP contribution in [0.1, 0.15) is 175 Å². The fraction of sp³-hybridized carbons (Fsp3) is 0.742. The van der Waals surface area contributed by atoms with Gasteiger partial charge in [0.15, 0.2) is 0 Å². The summed E-state index contributed by atoms with van der Waals surface area (Å²) in [6.45, 7) is 11.4. The van der Waals surface area contributed by atoms with Gasteiger partial charge < -0.3 is 55.6 Å². The molecule has 1 spiro atoms. The Hall–Kier alpha value is -6.53. The number of amides is 11. The van der Waals surface area contributed by atoms with Crippen LogP contribution in [0.5, 0.6) is 0 Å². The molecule has 0 aromatic heterocycles. The number of carbonyl (C=O) groups is 11. The number of alkyl halides is 3. The van der Waals surface area contributed by atoms with E-state index in [0.717, 1.165) is 58.9 Å². The van der Waals surface area contributed by atoms with Crippen LogP contribution < -0.4 is 21.3 Å². The number of likely N-dealkylation sites (N-methyl/N-ethyl adjacent to an activating group) is 6. The van der Waals surface area contributed by atoms with Gasteiger partial charge in [0.1, 0.15) is 41.8 Å². The van der Waals surface area contributed by atoms with Crippen molar-refractivity contribution >= 4 is 76.6 Å². The first-order chi connectivity index (χ1) is 43.1. The molecule has 5 rings (SSSR count). The third-order valence-electron chi connectivity index (χ3n) is 19.1. The van der Waals surface area contributed by atoms with Crippen molar-refractivity contribution in [3.05, 3.63) is 34.3 Å². The molecule has 1 aromatic carbocycles. The van der Waals surface area contributed by atoms with Gasteiger partial charge in [-0.3, -0.25) is 52.7 Å². The Morgan fingerprint density at radius 1 is 0.630 bits per heavy atom. The van der Waals surface area contributed by atoms with Crippen LogP contribution in [0, 0.1) is 23.7 Å². The lowest BCUT2D eigenvalue weighted by molar-refractivity contribution is -0.149. The number of rotatable bonds is 12. The lowest BCUT2D eigenvalue weighted by Crippen LogP contribution is -2.64. The number of hydrogen-bond donors (Lipinski definition) is 4. The van der Waals surface area contributed by atoms with Crippen molar-refractivity contribution in [2.24, 2.45) is 23.7 Å². The highest BCUT2D eigenvalue weighted by Gasteiger charge is 2.49. The molecule has 8 atom stereocenters. The molecule has 4 fully saturated rings. The van der Waals surface area contributed by atoms with Gasteiger partial charge in [-0.15, -0.1) is 0 Å². The lowest BCUT2D eigenvalue weighted by atomic mass is 9.84. The van der Waals surface area contributed by atoms with Crippen LogP contribution in [0.25, 0.3) is 0 Å². The first-order valence-corrected chi connectivity index (χ1v) is 33.4. The van der Waals surface area contributed by atoms with E-state index in [1.165, 1.54) is 68.0 Å². The number of nitrogens with zero attached hydrogens (tertiary/aromatic N) is 7. The Balaban J connectivity index is 1.56. The zero-order valence-electron chi connectivity index (χ0n) is 56.5. The highest BCUT2D eigenvalue weighted by atomic mass is 35.5. The second-order valence-corrected chi connectivity index (χ2v) is 27.8. The predicted octanol–water partition coefficient (Wildman–Crippen LogP) is 5.94. The molecule has 1 aromatic rings. The molecule has 2 saturated carbocycles. The van der Waals surface area contributed by atoms with Gasteiger partial charge in [0, 0.05) is 61.3 Å². The van der Waals surface area contributed by atoms with Crippen LogP contribution in [-0.4, -0.2) is 216 Å². The van der Waals surface area contributed by atoms with Gasteiger partial charge in [-0.25, -0.2) is 0 Å². The molecule has 2 heterocycles. The van der Waals surface area contributed by atoms with Gasteiger partial charge in [-0.2, -0.15) is 13.2 Å². The zero-order valence-corrected chi connectivity index (χ0v) is 57.2. The molecule has 92 heavy (non-hydrogen) atoms. The van der Waals surface area contributed by atoms with Crippen molar-refractivity contribution in [3.8, 4) is 0 Å². The van der Waals surface area contributed by atoms with E-state index in [1.807, 2.05) is 34.6 Å². The average molecular weight is 1320 g/mol. The van der Waals surface area contributed by atoms with Crippen LogP contribution in [0.2, 0.25) is 5.02 Å². The van der Waals surface area contributed by atoms with Gasteiger partial charge in [0.05, 0.1) is 30.2 Å². The number of carbonyl (C=O) groups excluding carboxylic acids is 11. The molecule has 26 heteroatoms. The third kappa shape index (κ3) is 20.5. The Kier molecular flexibility index (Phi) is 28.2. The summed E-state index contributed by atoms with van der Waals surface area (Å²) in [4.78, 5) is 169. The molecule has 0 radical (unpaired) electrons. The number of halogens is 4. The van der Waals surface area contributed by atoms with Crippen molar-refractivity contribution in [1.82, 2.24) is 55.6 Å². The number of hydrogen-bond acceptors (Lipinski definition) is 11. The summed E-state index contributed by atoms with van der Waals surface area (Å²) in [5, 5.41) is 11.0. The Morgan fingerprint density at radius 3 is 1.84 bits per heavy atom. The zero-order chi connectivity index (χ0) is 68.7. The van der Waals surface area contributed by atoms with E-state index in [0.29, 0.717) is 37.7 Å². The second kappa shape index (κ2) is 34.0. The maximum absolute atomic E-state index is 15.1. The molecule has 22 nitrogen and oxygen atoms in total. The molecule has 4 aliphatic rings. The Morgan fingerprint density at radius 2 is 1.24 bits per heavy atom. The molecular formula is C66H103ClF3N11O11. The molecule has 516 valence electrons. The Bertz CT molecular complexity index is 2800. The van der Waals surface area contributed by atoms with Crippen LogP contribution >= 0.6 is 11.6 Å². The van der Waals surface area contributed by atoms with Crippen molar-refractivity contribution < 1.29 is 65.9 Å². The SMILES string of the molecule is CC[C@H](C)[C@@H]1NC(=O)[C@H](CC(C)C)N(C)C(=O)C[C@@H](C)NC(=O)[C@H](CCC(C)C)N(C)C(=O)C2(CCCC2)NC(=O)C2CCCN2C(=O)[C@H](CCc2ccc(C(F)(F)F)c(Cl)c2)NC(=O)CN(C)C(=O)[C@H](CC2CCCCC2)N(C)C(=O)CN(C)C(=O)CN(C)C1=O. The van der Waals surface area contributed by atoms with E-state index >= 15 is 9.59 Å². The highest BCUT2D eigenvalue weighted by molar-refractivity contribution is 6.31. The molecule has 2 aliphatic heterocycles. The maximum Gasteiger partial charge on any atom is 0.417 e. The van der Waals surface area contributed by atoms with Crippen molar-refractivity contribution in [2.75, 3.05) is 68.5 Å². The molecular weight excluding hydrogens is 1220 g/mol. The molecule has 1 unspecified atom stereocenters. The number of nitrogens with one attached hydrogen (secondary N) is 4. The monoisotopic (exact) mass is 1320 g/mol. The van der Waals surface area contributed by atoms with Crippen molar-refractivity contribution in [3.63, 3.8) is 0 Å². The second-order valence-electron chi connectivity index (χ2n) is 27.4. The molecule has 4 N–H and O–H groups in total. The van der Waals surface area contributed by atoms with Gasteiger partial charge in [0.2, 0.25) is 65.0 Å². The minimum Gasteiger partial charge on any atom is -0.351 e. The average Bonchev–Trinajstić information content (AvgIpc) is 1.55. The minimum atomic E-state index is -4.74. The molecule has 2 aliphatic carbocycles. The van der Waals surface area contributed by atoms with E-state index in [-0.39, 0.29) is 82.1 Å². The van der Waals surface area contributed by atoms with E-state index in [1.54, 1.807) is 13.8 Å². The maximum atomic E-state index is 15.1. The highest BCUT2D eigenvalue weighted by Crippen LogP contribution is 2.37. The summed E-state index contributed by atoms with van der Waals surface area (Å²) in [5.74, 6) is -7.14. The lowest BCUT2D eigenvalue weighted by Gasteiger charge is -2.38. The summed E-state index contributed by atoms with van der Waals surface area (Å²) < 4.78 is 41.4. The topological polar surface area (TPSA) is 259 Å². The smallest absolute Gasteiger partial charge is 0.351 e. The predicted molar refractivity (Wildman–Crippen MR) is 342 cm³/mol. The normalized spacial score (nSPS) is 26.0. The molecule has 0 bridgehead atoms. The standard InChI is InChI=1S/C66H103ClF3N11O11/c1-14-42(6)57-63(91)77(10)38-55(84)75(8)39-56(85)79(12)52(36-44-21-16-15-17-22-44)62(90)76(9)37-53(82)72-48(28-26-45-25-27-46(47(67)35-45)66(68,69)70)61(89)81-32-20-23-50(81)60(88)74-65(30-18-19-31-65)64(92)80(13)49(29-24-40(2)3)58(86)71-43(7)34-54(83)78(11)51(33-41(4)5)59(87)73-57/h25,27,35,40-44,48-52,57H,14-24,26,28-34,36-39H2,1-13H3,(H,71,86)(H,72,82)(H,73,87)(H,74,88)/t42-,43+,48-,49-,50?,51-,52-,57-/m0/s1. The van der Waals surface area contributed by atoms with Gasteiger partial charge in [-0.05, 0) is 112 Å². The van der Waals surface area contributed by atoms with E-state index in [9.17, 15) is 56.3 Å². The van der Waals surface area contributed by atoms with Gasteiger partial charge in [-0.1, -0.05) is 111 Å². The largest absolute Gasteiger partial charge is 0.417 e. The first kappa shape index (κ1) is 76.2. The van der Waals surface area contributed by atoms with Crippen molar-refractivity contribution in [2.45, 2.75) is 224 Å². The minimum absolute atomic E-state index is 0.0336. The fourth-order valence-electron chi connectivity index (χ4n) is 13.1. The number of aryl methyl sites for hydroxylation is 1. The van der Waals surface area contributed by atoms with Crippen LogP contribution in [0.15, 0.2) is 18.2 Å². The molecule has 11 amide bonds. The van der Waals surface area contributed by atoms with E-state index < -0.39 is 155 Å². The molecule has 2 saturated heterocycles. The number of fused-ring (bicyclic) bond motifs is 1. The first-order valence-electron chi connectivity index (χ1n) is 33.0. The van der Waals surface area contributed by atoms with Crippen LogP contribution in [0.4, 0.5) is 13.2 Å². The van der Waals surface area contributed by atoms with Crippen LogP contribution in [0.3, 0.4) is 0 Å². The van der Waals surface area contributed by atoms with E-state index in [4.69, 9.17) is 11.6 Å². The summed E-state index contributed by atoms with van der Waals surface area (Å²) in [5.41, 5.74) is -2.24. The summed E-state index contributed by atoms with van der Waals surface area (Å²) >= 11 is 6.12. The third-order valence-corrected chi connectivity index (χ3v) is 19.4. The number of benzene rings is 1. The van der Waals surface area contributed by atoms with Crippen molar-refractivity contribution in [1.29, 1.82) is 0 Å². The van der Waals surface area contributed by atoms with Gasteiger partial charge >= 0.3 is 6.18 Å². The van der Waals surface area contributed by atoms with E-state index in [2.05, 4.69) is 21.3 Å². The fourth-order valence-corrected chi connectivity index (χ4v) is 13.4. The quantitative estimate of drug-likeness (QED) is 0.190.